The summed E-state index contributed by atoms with van der Waals surface area (Å²) < 4.78 is 18.1. The van der Waals surface area contributed by atoms with E-state index in [0.717, 1.165) is 6.42 Å². The molecule has 2 rings (SSSR count). The van der Waals surface area contributed by atoms with Crippen LogP contribution in [0.25, 0.3) is 0 Å². The van der Waals surface area contributed by atoms with Crippen LogP contribution in [0.5, 0.6) is 0 Å². The number of nitrogens with zero attached hydrogens (tertiary/aromatic N) is 1. The van der Waals surface area contributed by atoms with Crippen LogP contribution in [0, 0.1) is 0 Å². The standard InChI is InChI=1S/C14H27NO3/c1-9-12-14(6,17-10(2)15(12)7)8-11(16-9)18-13(3,4)5/h9-12H,8H2,1-7H3/t9-,10?,11-,12+,14-/m0/s1. The van der Waals surface area contributed by atoms with Crippen LogP contribution in [-0.4, -0.2) is 47.8 Å². The lowest BCUT2D eigenvalue weighted by molar-refractivity contribution is -0.267. The normalized spacial score (nSPS) is 46.2. The minimum Gasteiger partial charge on any atom is -0.355 e. The molecule has 5 atom stereocenters. The summed E-state index contributed by atoms with van der Waals surface area (Å²) in [4.78, 5) is 2.26. The molecule has 2 aliphatic heterocycles. The lowest BCUT2D eigenvalue weighted by Gasteiger charge is -2.45. The van der Waals surface area contributed by atoms with Crippen molar-refractivity contribution in [1.29, 1.82) is 0 Å². The highest BCUT2D eigenvalue weighted by molar-refractivity contribution is 5.03. The average molecular weight is 257 g/mol. The molecule has 0 aromatic rings. The molecule has 106 valence electrons. The molecule has 0 radical (unpaired) electrons. The van der Waals surface area contributed by atoms with Crippen molar-refractivity contribution in [3.05, 3.63) is 0 Å². The topological polar surface area (TPSA) is 30.9 Å². The molecule has 4 heteroatoms. The largest absolute Gasteiger partial charge is 0.355 e. The summed E-state index contributed by atoms with van der Waals surface area (Å²) in [6.45, 7) is 12.5. The van der Waals surface area contributed by atoms with E-state index in [1.807, 2.05) is 0 Å². The third-order valence-electron chi connectivity index (χ3n) is 3.95. The van der Waals surface area contributed by atoms with Crippen molar-refractivity contribution >= 4 is 0 Å². The van der Waals surface area contributed by atoms with E-state index in [2.05, 4.69) is 53.5 Å². The summed E-state index contributed by atoms with van der Waals surface area (Å²) in [6.07, 6.45) is 0.860. The van der Waals surface area contributed by atoms with Gasteiger partial charge in [-0.25, -0.2) is 0 Å². The van der Waals surface area contributed by atoms with Crippen LogP contribution >= 0.6 is 0 Å². The number of ether oxygens (including phenoxy) is 3. The molecular formula is C14H27NO3. The molecule has 0 amide bonds. The van der Waals surface area contributed by atoms with Gasteiger partial charge in [-0.1, -0.05) is 0 Å². The Kier molecular flexibility index (Phi) is 3.52. The molecule has 2 heterocycles. The second-order valence-corrected chi connectivity index (χ2v) is 6.85. The van der Waals surface area contributed by atoms with E-state index in [9.17, 15) is 0 Å². The third-order valence-corrected chi connectivity index (χ3v) is 3.95. The van der Waals surface area contributed by atoms with Gasteiger partial charge in [0.05, 0.1) is 23.3 Å². The van der Waals surface area contributed by atoms with E-state index in [-0.39, 0.29) is 29.8 Å². The summed E-state index contributed by atoms with van der Waals surface area (Å²) in [5, 5.41) is 0. The van der Waals surface area contributed by atoms with Crippen LogP contribution in [-0.2, 0) is 14.2 Å². The van der Waals surface area contributed by atoms with E-state index in [4.69, 9.17) is 14.2 Å². The molecular weight excluding hydrogens is 230 g/mol. The van der Waals surface area contributed by atoms with Gasteiger partial charge in [-0.15, -0.1) is 0 Å². The van der Waals surface area contributed by atoms with Crippen molar-refractivity contribution in [2.75, 3.05) is 7.05 Å². The Morgan fingerprint density at radius 1 is 1.28 bits per heavy atom. The van der Waals surface area contributed by atoms with E-state index in [1.54, 1.807) is 0 Å². The predicted molar refractivity (Wildman–Crippen MR) is 70.3 cm³/mol. The Morgan fingerprint density at radius 3 is 2.44 bits per heavy atom. The van der Waals surface area contributed by atoms with Gasteiger partial charge in [0.1, 0.15) is 6.23 Å². The van der Waals surface area contributed by atoms with Gasteiger partial charge < -0.3 is 14.2 Å². The van der Waals surface area contributed by atoms with Gasteiger partial charge >= 0.3 is 0 Å². The predicted octanol–water partition coefficient (Wildman–Crippen LogP) is 2.37. The fraction of sp³-hybridized carbons (Fsp3) is 1.00. The maximum atomic E-state index is 6.15. The molecule has 0 bridgehead atoms. The Hall–Kier alpha value is -0.160. The number of likely N-dealkylation sites (N-methyl/N-ethyl adjacent to an activating group) is 1. The van der Waals surface area contributed by atoms with E-state index >= 15 is 0 Å². The quantitative estimate of drug-likeness (QED) is 0.721. The summed E-state index contributed by atoms with van der Waals surface area (Å²) >= 11 is 0. The molecule has 2 saturated heterocycles. The zero-order valence-corrected chi connectivity index (χ0v) is 12.7. The monoisotopic (exact) mass is 257 g/mol. The van der Waals surface area contributed by atoms with Gasteiger partial charge in [0, 0.05) is 6.42 Å². The van der Waals surface area contributed by atoms with Gasteiger partial charge in [0.2, 0.25) is 0 Å². The Morgan fingerprint density at radius 2 is 1.89 bits per heavy atom. The number of rotatable bonds is 1. The van der Waals surface area contributed by atoms with Gasteiger partial charge in [0.15, 0.2) is 6.29 Å². The second kappa shape index (κ2) is 4.44. The summed E-state index contributed by atoms with van der Waals surface area (Å²) in [6, 6.07) is 0.298. The van der Waals surface area contributed by atoms with Crippen LogP contribution in [0.1, 0.15) is 48.0 Å². The number of fused-ring (bicyclic) bond motifs is 1. The van der Waals surface area contributed by atoms with Crippen molar-refractivity contribution in [3.8, 4) is 0 Å². The van der Waals surface area contributed by atoms with Crippen molar-refractivity contribution < 1.29 is 14.2 Å². The Bertz CT molecular complexity index is 315. The van der Waals surface area contributed by atoms with Crippen molar-refractivity contribution in [2.24, 2.45) is 0 Å². The minimum absolute atomic E-state index is 0.117. The molecule has 0 aromatic carbocycles. The minimum atomic E-state index is -0.191. The highest BCUT2D eigenvalue weighted by atomic mass is 16.7. The molecule has 0 N–H and O–H groups in total. The highest BCUT2D eigenvalue weighted by Crippen LogP contribution is 2.42. The summed E-state index contributed by atoms with van der Waals surface area (Å²) in [5.74, 6) is 0. The molecule has 4 nitrogen and oxygen atoms in total. The van der Waals surface area contributed by atoms with Gasteiger partial charge in [-0.05, 0) is 48.6 Å². The van der Waals surface area contributed by atoms with Crippen LogP contribution in [0.4, 0.5) is 0 Å². The van der Waals surface area contributed by atoms with E-state index < -0.39 is 0 Å². The van der Waals surface area contributed by atoms with Gasteiger partial charge in [-0.2, -0.15) is 0 Å². The Labute approximate surface area is 111 Å². The van der Waals surface area contributed by atoms with Crippen LogP contribution in [0.2, 0.25) is 0 Å². The summed E-state index contributed by atoms with van der Waals surface area (Å²) in [5.41, 5.74) is -0.370. The SMILES string of the molecule is CC1O[C@@]2(C)C[C@H](OC(C)(C)C)O[C@@H](C)[C@H]2N1C. The maximum Gasteiger partial charge on any atom is 0.161 e. The van der Waals surface area contributed by atoms with Crippen molar-refractivity contribution in [1.82, 2.24) is 4.90 Å². The highest BCUT2D eigenvalue weighted by Gasteiger charge is 2.55. The van der Waals surface area contributed by atoms with Crippen molar-refractivity contribution in [2.45, 2.75) is 83.8 Å². The molecule has 0 aliphatic carbocycles. The maximum absolute atomic E-state index is 6.15. The molecule has 18 heavy (non-hydrogen) atoms. The van der Waals surface area contributed by atoms with Crippen LogP contribution < -0.4 is 0 Å². The van der Waals surface area contributed by atoms with E-state index in [1.165, 1.54) is 0 Å². The first-order valence-corrected chi connectivity index (χ1v) is 6.85. The first-order chi connectivity index (χ1) is 8.12. The number of hydrogen-bond acceptors (Lipinski definition) is 4. The van der Waals surface area contributed by atoms with Crippen LogP contribution in [0.3, 0.4) is 0 Å². The molecule has 2 fully saturated rings. The zero-order valence-electron chi connectivity index (χ0n) is 12.7. The lowest BCUT2D eigenvalue weighted by atomic mass is 9.86. The first-order valence-electron chi connectivity index (χ1n) is 6.85. The molecule has 0 spiro atoms. The van der Waals surface area contributed by atoms with Crippen molar-refractivity contribution in [3.63, 3.8) is 0 Å². The smallest absolute Gasteiger partial charge is 0.161 e. The second-order valence-electron chi connectivity index (χ2n) is 6.85. The lowest BCUT2D eigenvalue weighted by Crippen LogP contribution is -2.57. The van der Waals surface area contributed by atoms with E-state index in [0.29, 0.717) is 6.04 Å². The van der Waals surface area contributed by atoms with Gasteiger partial charge in [-0.3, -0.25) is 4.90 Å². The fourth-order valence-electron chi connectivity index (χ4n) is 3.35. The zero-order chi connectivity index (χ0) is 13.7. The number of hydrogen-bond donors (Lipinski definition) is 0. The Balaban J connectivity index is 2.13. The summed E-state index contributed by atoms with van der Waals surface area (Å²) in [7, 11) is 2.10. The van der Waals surface area contributed by atoms with Gasteiger partial charge in [0.25, 0.3) is 0 Å². The average Bonchev–Trinajstić information content (AvgIpc) is 2.33. The van der Waals surface area contributed by atoms with Crippen LogP contribution in [0.15, 0.2) is 0 Å². The molecule has 1 unspecified atom stereocenters. The molecule has 2 aliphatic rings. The first kappa shape index (κ1) is 14.3. The molecule has 0 aromatic heterocycles. The third kappa shape index (κ3) is 2.57. The molecule has 0 saturated carbocycles. The fourth-order valence-corrected chi connectivity index (χ4v) is 3.35.